The molecule has 1 aromatic carbocycles. The second-order valence-corrected chi connectivity index (χ2v) is 6.51. The zero-order valence-electron chi connectivity index (χ0n) is 6.23. The summed E-state index contributed by atoms with van der Waals surface area (Å²) in [5, 5.41) is 0. The van der Waals surface area contributed by atoms with Crippen molar-refractivity contribution in [2.24, 2.45) is 0 Å². The van der Waals surface area contributed by atoms with Crippen LogP contribution in [0.15, 0.2) is 18.2 Å². The van der Waals surface area contributed by atoms with E-state index in [1.165, 1.54) is 12.1 Å². The van der Waals surface area contributed by atoms with Gasteiger partial charge in [-0.3, -0.25) is 4.79 Å². The van der Waals surface area contributed by atoms with Crippen LogP contribution in [0.3, 0.4) is 0 Å². The fraction of sp³-hybridized carbons (Fsp3) is 0.125. The minimum atomic E-state index is -0.463. The SMILES string of the molecule is O=C(c1cc(F)ccc1I)C(Br)Br. The molecule has 0 bridgehead atoms. The molecule has 13 heavy (non-hydrogen) atoms. The molecule has 0 unspecified atom stereocenters. The Morgan fingerprint density at radius 1 is 1.46 bits per heavy atom. The van der Waals surface area contributed by atoms with Gasteiger partial charge >= 0.3 is 0 Å². The molecule has 0 amide bonds. The quantitative estimate of drug-likeness (QED) is 0.404. The van der Waals surface area contributed by atoms with Crippen molar-refractivity contribution in [3.8, 4) is 0 Å². The van der Waals surface area contributed by atoms with E-state index in [2.05, 4.69) is 31.9 Å². The van der Waals surface area contributed by atoms with Crippen molar-refractivity contribution in [3.05, 3.63) is 33.1 Å². The van der Waals surface area contributed by atoms with Gasteiger partial charge in [-0.25, -0.2) is 4.39 Å². The van der Waals surface area contributed by atoms with E-state index in [1.807, 2.05) is 22.6 Å². The third kappa shape index (κ3) is 2.99. The van der Waals surface area contributed by atoms with Crippen molar-refractivity contribution < 1.29 is 9.18 Å². The smallest absolute Gasteiger partial charge is 0.188 e. The first-order chi connectivity index (χ1) is 6.02. The summed E-state index contributed by atoms with van der Waals surface area (Å²) in [6.07, 6.45) is 0. The third-order valence-electron chi connectivity index (χ3n) is 1.39. The van der Waals surface area contributed by atoms with Crippen LogP contribution in [0.1, 0.15) is 10.4 Å². The first-order valence-corrected chi connectivity index (χ1v) is 6.21. The standard InChI is InChI=1S/C8H4Br2FIO/c9-8(10)7(13)5-3-4(11)1-2-6(5)12/h1-3,8H. The van der Waals surface area contributed by atoms with E-state index in [1.54, 1.807) is 6.07 Å². The minimum absolute atomic E-state index is 0.177. The summed E-state index contributed by atoms with van der Waals surface area (Å²) in [7, 11) is 0. The van der Waals surface area contributed by atoms with E-state index < -0.39 is 9.55 Å². The van der Waals surface area contributed by atoms with Crippen molar-refractivity contribution >= 4 is 60.2 Å². The van der Waals surface area contributed by atoms with Crippen LogP contribution in [0.2, 0.25) is 0 Å². The highest BCUT2D eigenvalue weighted by molar-refractivity contribution is 14.1. The molecule has 0 saturated heterocycles. The molecule has 0 radical (unpaired) electrons. The summed E-state index contributed by atoms with van der Waals surface area (Å²) < 4.78 is 13.1. The maximum atomic E-state index is 12.8. The number of Topliss-reactive ketones (excluding diaryl/α,β-unsaturated/α-hetero) is 1. The van der Waals surface area contributed by atoms with E-state index in [-0.39, 0.29) is 5.78 Å². The molecule has 70 valence electrons. The van der Waals surface area contributed by atoms with Gasteiger partial charge in [0.2, 0.25) is 0 Å². The van der Waals surface area contributed by atoms with Crippen LogP contribution in [0, 0.1) is 9.39 Å². The van der Waals surface area contributed by atoms with E-state index in [9.17, 15) is 9.18 Å². The number of ketones is 1. The lowest BCUT2D eigenvalue weighted by Gasteiger charge is -2.03. The van der Waals surface area contributed by atoms with Crippen molar-refractivity contribution in [1.82, 2.24) is 0 Å². The number of alkyl halides is 2. The van der Waals surface area contributed by atoms with Gasteiger partial charge in [0.15, 0.2) is 5.78 Å². The Kier molecular flexibility index (Phi) is 4.31. The number of hydrogen-bond acceptors (Lipinski definition) is 1. The van der Waals surface area contributed by atoms with Gasteiger partial charge in [-0.05, 0) is 40.8 Å². The number of halogens is 4. The summed E-state index contributed by atoms with van der Waals surface area (Å²) in [5.41, 5.74) is 0.388. The summed E-state index contributed by atoms with van der Waals surface area (Å²) in [6, 6.07) is 4.14. The highest BCUT2D eigenvalue weighted by Gasteiger charge is 2.16. The van der Waals surface area contributed by atoms with Crippen molar-refractivity contribution in [2.45, 2.75) is 3.74 Å². The van der Waals surface area contributed by atoms with E-state index in [4.69, 9.17) is 0 Å². The van der Waals surface area contributed by atoms with Gasteiger partial charge in [-0.2, -0.15) is 0 Å². The lowest BCUT2D eigenvalue weighted by atomic mass is 10.1. The molecule has 1 aromatic rings. The molecule has 0 aliphatic heterocycles. The average molecular weight is 422 g/mol. The second-order valence-electron chi connectivity index (χ2n) is 2.29. The Morgan fingerprint density at radius 2 is 2.08 bits per heavy atom. The number of benzene rings is 1. The molecule has 0 saturated carbocycles. The highest BCUT2D eigenvalue weighted by Crippen LogP contribution is 2.21. The predicted molar refractivity (Wildman–Crippen MR) is 65.1 cm³/mol. The molecule has 0 spiro atoms. The molecule has 5 heteroatoms. The summed E-state index contributed by atoms with van der Waals surface area (Å²) >= 11 is 8.15. The topological polar surface area (TPSA) is 17.1 Å². The molecule has 0 N–H and O–H groups in total. The van der Waals surface area contributed by atoms with Gasteiger partial charge in [-0.15, -0.1) is 0 Å². The lowest BCUT2D eigenvalue weighted by molar-refractivity contribution is 0.101. The molecule has 1 rings (SSSR count). The molecule has 1 nitrogen and oxygen atoms in total. The fourth-order valence-corrected chi connectivity index (χ4v) is 1.90. The van der Waals surface area contributed by atoms with Gasteiger partial charge in [-0.1, -0.05) is 31.9 Å². The van der Waals surface area contributed by atoms with Crippen LogP contribution in [0.5, 0.6) is 0 Å². The van der Waals surface area contributed by atoms with Gasteiger partial charge in [0, 0.05) is 9.13 Å². The Morgan fingerprint density at radius 3 is 2.62 bits per heavy atom. The summed E-state index contributed by atoms with van der Waals surface area (Å²) in [6.45, 7) is 0. The van der Waals surface area contributed by atoms with Gasteiger partial charge < -0.3 is 0 Å². The number of hydrogen-bond donors (Lipinski definition) is 0. The van der Waals surface area contributed by atoms with E-state index in [0.29, 0.717) is 5.56 Å². The first kappa shape index (κ1) is 11.6. The minimum Gasteiger partial charge on any atom is -0.292 e. The highest BCUT2D eigenvalue weighted by atomic mass is 127. The molecule has 0 fully saturated rings. The molecule has 0 aliphatic rings. The van der Waals surface area contributed by atoms with Crippen LogP contribution in [0.4, 0.5) is 4.39 Å². The van der Waals surface area contributed by atoms with Crippen LogP contribution in [-0.4, -0.2) is 9.52 Å². The zero-order valence-corrected chi connectivity index (χ0v) is 11.6. The van der Waals surface area contributed by atoms with Gasteiger partial charge in [0.05, 0.1) is 0 Å². The van der Waals surface area contributed by atoms with Crippen molar-refractivity contribution in [3.63, 3.8) is 0 Å². The Hall–Kier alpha value is 0.510. The first-order valence-electron chi connectivity index (χ1n) is 3.30. The molecule has 0 heterocycles. The Bertz CT molecular complexity index is 341. The second kappa shape index (κ2) is 4.84. The van der Waals surface area contributed by atoms with Crippen LogP contribution >= 0.6 is 54.5 Å². The number of rotatable bonds is 2. The summed E-state index contributed by atoms with van der Waals surface area (Å²) in [5.74, 6) is -0.576. The molecular formula is C8H4Br2FIO. The van der Waals surface area contributed by atoms with Gasteiger partial charge in [0.25, 0.3) is 0 Å². The molecule has 0 aromatic heterocycles. The molecule has 0 atom stereocenters. The zero-order chi connectivity index (χ0) is 10.0. The Balaban J connectivity index is 3.13. The van der Waals surface area contributed by atoms with E-state index >= 15 is 0 Å². The number of carbonyl (C=O) groups excluding carboxylic acids is 1. The van der Waals surface area contributed by atoms with Crippen LogP contribution in [0.25, 0.3) is 0 Å². The van der Waals surface area contributed by atoms with E-state index in [0.717, 1.165) is 3.57 Å². The maximum Gasteiger partial charge on any atom is 0.188 e. The monoisotopic (exact) mass is 420 g/mol. The number of carbonyl (C=O) groups is 1. The molecule has 0 aliphatic carbocycles. The maximum absolute atomic E-state index is 12.8. The average Bonchev–Trinajstić information content (AvgIpc) is 2.08. The van der Waals surface area contributed by atoms with Crippen molar-refractivity contribution in [1.29, 1.82) is 0 Å². The fourth-order valence-electron chi connectivity index (χ4n) is 0.804. The van der Waals surface area contributed by atoms with Crippen molar-refractivity contribution in [2.75, 3.05) is 0 Å². The van der Waals surface area contributed by atoms with Crippen LogP contribution < -0.4 is 0 Å². The Labute approximate surface area is 105 Å². The largest absolute Gasteiger partial charge is 0.292 e. The normalized spacial score (nSPS) is 10.5. The van der Waals surface area contributed by atoms with Crippen LogP contribution in [-0.2, 0) is 0 Å². The lowest BCUT2D eigenvalue weighted by Crippen LogP contribution is -2.09. The van der Waals surface area contributed by atoms with Gasteiger partial charge in [0.1, 0.15) is 9.55 Å². The predicted octanol–water partition coefficient (Wildman–Crippen LogP) is 3.73. The third-order valence-corrected chi connectivity index (χ3v) is 3.16. The summed E-state index contributed by atoms with van der Waals surface area (Å²) in [4.78, 5) is 11.5. The molecular weight excluding hydrogens is 418 g/mol.